The number of amides is 1. The summed E-state index contributed by atoms with van der Waals surface area (Å²) >= 11 is 0. The summed E-state index contributed by atoms with van der Waals surface area (Å²) in [5.74, 6) is 1.39. The lowest BCUT2D eigenvalue weighted by Gasteiger charge is -2.16. The van der Waals surface area contributed by atoms with Gasteiger partial charge in [0.25, 0.3) is 5.91 Å². The number of fused-ring (bicyclic) bond motifs is 1. The van der Waals surface area contributed by atoms with Crippen LogP contribution in [-0.4, -0.2) is 25.2 Å². The number of nitrogens with one attached hydrogen (secondary N) is 1. The second-order valence-corrected chi connectivity index (χ2v) is 5.01. The fraction of sp³-hybridized carbons (Fsp3) is 0.500. The number of benzene rings is 1. The van der Waals surface area contributed by atoms with Gasteiger partial charge in [-0.2, -0.15) is 0 Å². The van der Waals surface area contributed by atoms with E-state index in [1.54, 1.807) is 0 Å². The van der Waals surface area contributed by atoms with Crippen molar-refractivity contribution in [3.05, 3.63) is 23.8 Å². The van der Waals surface area contributed by atoms with E-state index >= 15 is 0 Å². The number of ether oxygens (including phenoxy) is 2. The third-order valence-electron chi connectivity index (χ3n) is 3.57. The van der Waals surface area contributed by atoms with E-state index in [0.29, 0.717) is 12.4 Å². The summed E-state index contributed by atoms with van der Waals surface area (Å²) in [5, 5.41) is 2.86. The number of nitrogens with two attached hydrogens (primary N) is 1. The maximum absolute atomic E-state index is 11.8. The van der Waals surface area contributed by atoms with E-state index in [9.17, 15) is 4.79 Å². The van der Waals surface area contributed by atoms with Crippen LogP contribution < -0.4 is 20.5 Å². The van der Waals surface area contributed by atoms with E-state index in [-0.39, 0.29) is 11.9 Å². The first-order valence-electron chi connectivity index (χ1n) is 6.71. The predicted molar refractivity (Wildman–Crippen MR) is 70.1 cm³/mol. The molecule has 102 valence electrons. The largest absolute Gasteiger partial charge is 0.491 e. The summed E-state index contributed by atoms with van der Waals surface area (Å²) in [5.41, 5.74) is 6.89. The first-order valence-corrected chi connectivity index (χ1v) is 6.71. The second kappa shape index (κ2) is 5.09. The molecule has 0 saturated carbocycles. The molecule has 0 bridgehead atoms. The Morgan fingerprint density at radius 2 is 2.26 bits per heavy atom. The van der Waals surface area contributed by atoms with Gasteiger partial charge in [-0.25, -0.2) is 0 Å². The van der Waals surface area contributed by atoms with Crippen LogP contribution in [0.4, 0.5) is 0 Å². The standard InChI is InChI=1S/C14H18N2O3/c15-11-8-18-13-7-9(4-5-10(11)13)19-12-3-1-2-6-16-14(12)17/h4-5,7,11-12H,1-3,6,8,15H2,(H,16,17). The molecule has 1 amide bonds. The van der Waals surface area contributed by atoms with Gasteiger partial charge in [0.15, 0.2) is 6.10 Å². The number of carbonyl (C=O) groups excluding carboxylic acids is 1. The summed E-state index contributed by atoms with van der Waals surface area (Å²) < 4.78 is 11.3. The van der Waals surface area contributed by atoms with Crippen LogP contribution in [-0.2, 0) is 4.79 Å². The molecule has 5 heteroatoms. The highest BCUT2D eigenvalue weighted by Gasteiger charge is 2.24. The van der Waals surface area contributed by atoms with Crippen molar-refractivity contribution < 1.29 is 14.3 Å². The van der Waals surface area contributed by atoms with E-state index in [0.717, 1.165) is 37.1 Å². The van der Waals surface area contributed by atoms with Crippen molar-refractivity contribution >= 4 is 5.91 Å². The minimum Gasteiger partial charge on any atom is -0.491 e. The highest BCUT2D eigenvalue weighted by Crippen LogP contribution is 2.34. The topological polar surface area (TPSA) is 73.6 Å². The Balaban J connectivity index is 1.74. The van der Waals surface area contributed by atoms with Gasteiger partial charge in [-0.1, -0.05) is 0 Å². The minimum atomic E-state index is -0.407. The molecule has 1 fully saturated rings. The zero-order valence-electron chi connectivity index (χ0n) is 10.7. The van der Waals surface area contributed by atoms with E-state index in [1.165, 1.54) is 0 Å². The Bertz CT molecular complexity index is 490. The minimum absolute atomic E-state index is 0.0318. The lowest BCUT2D eigenvalue weighted by atomic mass is 10.1. The molecule has 2 aliphatic heterocycles. The summed E-state index contributed by atoms with van der Waals surface area (Å²) in [7, 11) is 0. The molecular formula is C14H18N2O3. The lowest BCUT2D eigenvalue weighted by Crippen LogP contribution is -2.36. The van der Waals surface area contributed by atoms with Crippen molar-refractivity contribution in [3.63, 3.8) is 0 Å². The number of hydrogen-bond donors (Lipinski definition) is 2. The van der Waals surface area contributed by atoms with Crippen molar-refractivity contribution in [2.75, 3.05) is 13.2 Å². The molecule has 0 radical (unpaired) electrons. The molecule has 3 rings (SSSR count). The Labute approximate surface area is 112 Å². The highest BCUT2D eigenvalue weighted by atomic mass is 16.5. The van der Waals surface area contributed by atoms with Gasteiger partial charge < -0.3 is 20.5 Å². The second-order valence-electron chi connectivity index (χ2n) is 5.01. The van der Waals surface area contributed by atoms with E-state index in [2.05, 4.69) is 5.32 Å². The average molecular weight is 262 g/mol. The molecule has 2 unspecified atom stereocenters. The van der Waals surface area contributed by atoms with Gasteiger partial charge in [-0.05, 0) is 31.4 Å². The van der Waals surface area contributed by atoms with Gasteiger partial charge in [0.2, 0.25) is 0 Å². The molecule has 2 heterocycles. The maximum atomic E-state index is 11.8. The van der Waals surface area contributed by atoms with E-state index < -0.39 is 6.10 Å². The van der Waals surface area contributed by atoms with Crippen LogP contribution in [0.2, 0.25) is 0 Å². The quantitative estimate of drug-likeness (QED) is 0.838. The zero-order valence-corrected chi connectivity index (χ0v) is 10.7. The first kappa shape index (κ1) is 12.3. The number of hydrogen-bond acceptors (Lipinski definition) is 4. The zero-order chi connectivity index (χ0) is 13.2. The van der Waals surface area contributed by atoms with Crippen molar-refractivity contribution in [2.45, 2.75) is 31.4 Å². The number of carbonyl (C=O) groups is 1. The van der Waals surface area contributed by atoms with Crippen LogP contribution in [0.3, 0.4) is 0 Å². The van der Waals surface area contributed by atoms with Gasteiger partial charge >= 0.3 is 0 Å². The molecule has 0 aromatic heterocycles. The third kappa shape index (κ3) is 2.51. The molecule has 3 N–H and O–H groups in total. The van der Waals surface area contributed by atoms with Crippen molar-refractivity contribution in [3.8, 4) is 11.5 Å². The molecule has 0 aliphatic carbocycles. The molecule has 1 saturated heterocycles. The molecule has 19 heavy (non-hydrogen) atoms. The van der Waals surface area contributed by atoms with Gasteiger partial charge in [-0.15, -0.1) is 0 Å². The Hall–Kier alpha value is -1.75. The summed E-state index contributed by atoms with van der Waals surface area (Å²) in [6, 6.07) is 5.52. The normalized spacial score (nSPS) is 26.1. The average Bonchev–Trinajstić information content (AvgIpc) is 2.65. The first-order chi connectivity index (χ1) is 9.24. The van der Waals surface area contributed by atoms with Crippen molar-refractivity contribution in [1.82, 2.24) is 5.32 Å². The number of rotatable bonds is 2. The van der Waals surface area contributed by atoms with Crippen LogP contribution in [0.1, 0.15) is 30.9 Å². The fourth-order valence-corrected chi connectivity index (χ4v) is 2.48. The monoisotopic (exact) mass is 262 g/mol. The van der Waals surface area contributed by atoms with E-state index in [1.807, 2.05) is 18.2 Å². The van der Waals surface area contributed by atoms with Gasteiger partial charge in [-0.3, -0.25) is 4.79 Å². The van der Waals surface area contributed by atoms with Crippen LogP contribution in [0.15, 0.2) is 18.2 Å². The summed E-state index contributed by atoms with van der Waals surface area (Å²) in [6.07, 6.45) is 2.35. The van der Waals surface area contributed by atoms with Gasteiger partial charge in [0, 0.05) is 18.2 Å². The predicted octanol–water partition coefficient (Wildman–Crippen LogP) is 1.13. The SMILES string of the molecule is NC1COc2cc(OC3CCCCNC3=O)ccc21. The fourth-order valence-electron chi connectivity index (χ4n) is 2.48. The molecule has 2 atom stereocenters. The lowest BCUT2D eigenvalue weighted by molar-refractivity contribution is -0.127. The Morgan fingerprint density at radius 3 is 3.16 bits per heavy atom. The highest BCUT2D eigenvalue weighted by molar-refractivity contribution is 5.81. The van der Waals surface area contributed by atoms with Crippen LogP contribution >= 0.6 is 0 Å². The molecule has 2 aliphatic rings. The Kier molecular flexibility index (Phi) is 3.29. The smallest absolute Gasteiger partial charge is 0.261 e. The van der Waals surface area contributed by atoms with E-state index in [4.69, 9.17) is 15.2 Å². The van der Waals surface area contributed by atoms with Crippen LogP contribution in [0.25, 0.3) is 0 Å². The van der Waals surface area contributed by atoms with Gasteiger partial charge in [0.05, 0.1) is 6.04 Å². The van der Waals surface area contributed by atoms with Crippen LogP contribution in [0.5, 0.6) is 11.5 Å². The maximum Gasteiger partial charge on any atom is 0.261 e. The summed E-state index contributed by atoms with van der Waals surface area (Å²) in [4.78, 5) is 11.8. The summed E-state index contributed by atoms with van der Waals surface area (Å²) in [6.45, 7) is 1.24. The molecule has 1 aromatic carbocycles. The van der Waals surface area contributed by atoms with Crippen molar-refractivity contribution in [1.29, 1.82) is 0 Å². The van der Waals surface area contributed by atoms with Gasteiger partial charge in [0.1, 0.15) is 18.1 Å². The molecular weight excluding hydrogens is 244 g/mol. The third-order valence-corrected chi connectivity index (χ3v) is 3.57. The van der Waals surface area contributed by atoms with Crippen LogP contribution in [0, 0.1) is 0 Å². The molecule has 1 aromatic rings. The Morgan fingerprint density at radius 1 is 1.37 bits per heavy atom. The van der Waals surface area contributed by atoms with Crippen molar-refractivity contribution in [2.24, 2.45) is 5.73 Å². The molecule has 5 nitrogen and oxygen atoms in total. The molecule has 0 spiro atoms.